The fraction of sp³-hybridized carbons (Fsp3) is 0.167. The lowest BCUT2D eigenvalue weighted by molar-refractivity contribution is 0.664. The largest absolute Gasteiger partial charge is 0.289 e. The molecule has 0 fully saturated rings. The predicted molar refractivity (Wildman–Crippen MR) is 66.0 cm³/mol. The molecule has 3 aromatic rings. The van der Waals surface area contributed by atoms with Gasteiger partial charge in [-0.05, 0) is 25.1 Å². The molecule has 0 unspecified atom stereocenters. The van der Waals surface area contributed by atoms with Crippen LogP contribution in [0.1, 0.15) is 6.92 Å². The van der Waals surface area contributed by atoms with Crippen molar-refractivity contribution in [3.63, 3.8) is 0 Å². The number of aromatic nitrogens is 6. The molecule has 3 heterocycles. The number of hydrogen-bond donors (Lipinski definition) is 0. The lowest BCUT2D eigenvalue weighted by atomic mass is 10.3. The molecule has 18 heavy (non-hydrogen) atoms. The summed E-state index contributed by atoms with van der Waals surface area (Å²) in [4.78, 5) is 3.98. The van der Waals surface area contributed by atoms with Gasteiger partial charge in [-0.2, -0.15) is 5.10 Å². The number of rotatable bonds is 3. The van der Waals surface area contributed by atoms with E-state index in [4.69, 9.17) is 0 Å². The summed E-state index contributed by atoms with van der Waals surface area (Å²) in [5.41, 5.74) is 1.79. The van der Waals surface area contributed by atoms with Crippen molar-refractivity contribution in [2.24, 2.45) is 0 Å². The molecule has 0 aromatic carbocycles. The highest BCUT2D eigenvalue weighted by molar-refractivity contribution is 5.53. The highest BCUT2D eigenvalue weighted by atomic mass is 15.3. The zero-order valence-corrected chi connectivity index (χ0v) is 9.93. The second kappa shape index (κ2) is 4.40. The van der Waals surface area contributed by atoms with Gasteiger partial charge >= 0.3 is 0 Å². The van der Waals surface area contributed by atoms with Crippen molar-refractivity contribution in [3.8, 4) is 17.2 Å². The van der Waals surface area contributed by atoms with Gasteiger partial charge in [-0.15, -0.1) is 10.2 Å². The molecule has 0 saturated heterocycles. The van der Waals surface area contributed by atoms with E-state index in [1.165, 1.54) is 0 Å². The third-order valence-electron chi connectivity index (χ3n) is 2.70. The normalized spacial score (nSPS) is 10.7. The molecule has 0 radical (unpaired) electrons. The van der Waals surface area contributed by atoms with Crippen LogP contribution in [0.5, 0.6) is 0 Å². The summed E-state index contributed by atoms with van der Waals surface area (Å²) in [6, 6.07) is 5.78. The molecule has 0 spiro atoms. The van der Waals surface area contributed by atoms with Crippen LogP contribution in [0.25, 0.3) is 17.2 Å². The molecule has 6 heteroatoms. The Morgan fingerprint density at radius 3 is 2.72 bits per heavy atom. The van der Waals surface area contributed by atoms with Crippen LogP contribution in [0.2, 0.25) is 0 Å². The van der Waals surface area contributed by atoms with E-state index in [0.717, 1.165) is 23.8 Å². The van der Waals surface area contributed by atoms with Crippen molar-refractivity contribution in [2.45, 2.75) is 13.5 Å². The van der Waals surface area contributed by atoms with Crippen molar-refractivity contribution in [1.29, 1.82) is 0 Å². The van der Waals surface area contributed by atoms with E-state index in [1.54, 1.807) is 18.7 Å². The lowest BCUT2D eigenvalue weighted by Crippen LogP contribution is -2.02. The van der Waals surface area contributed by atoms with Crippen LogP contribution >= 0.6 is 0 Å². The molecule has 0 amide bonds. The minimum Gasteiger partial charge on any atom is -0.289 e. The lowest BCUT2D eigenvalue weighted by Gasteiger charge is -2.04. The zero-order chi connectivity index (χ0) is 12.4. The first-order chi connectivity index (χ1) is 8.88. The maximum atomic E-state index is 4.23. The van der Waals surface area contributed by atoms with Gasteiger partial charge in [0.1, 0.15) is 12.0 Å². The van der Waals surface area contributed by atoms with Crippen molar-refractivity contribution < 1.29 is 0 Å². The molecule has 0 N–H and O–H groups in total. The molecule has 0 aliphatic carbocycles. The van der Waals surface area contributed by atoms with E-state index in [0.29, 0.717) is 0 Å². The Labute approximate surface area is 104 Å². The van der Waals surface area contributed by atoms with Crippen LogP contribution in [0.3, 0.4) is 0 Å². The van der Waals surface area contributed by atoms with E-state index in [9.17, 15) is 0 Å². The number of hydrogen-bond acceptors (Lipinski definition) is 4. The SMILES string of the molecule is CCn1nccc1-c1ccc(-n2ccnc2)nn1. The van der Waals surface area contributed by atoms with Gasteiger partial charge in [0.25, 0.3) is 0 Å². The number of aryl methyl sites for hydroxylation is 1. The smallest absolute Gasteiger partial charge is 0.160 e. The predicted octanol–water partition coefficient (Wildman–Crippen LogP) is 1.55. The fourth-order valence-electron chi connectivity index (χ4n) is 1.80. The van der Waals surface area contributed by atoms with Crippen LogP contribution in [-0.4, -0.2) is 29.5 Å². The van der Waals surface area contributed by atoms with E-state index in [-0.39, 0.29) is 0 Å². The maximum Gasteiger partial charge on any atom is 0.160 e. The van der Waals surface area contributed by atoms with Gasteiger partial charge in [0.05, 0.1) is 5.69 Å². The summed E-state index contributed by atoms with van der Waals surface area (Å²) in [7, 11) is 0. The van der Waals surface area contributed by atoms with E-state index in [2.05, 4.69) is 20.3 Å². The van der Waals surface area contributed by atoms with Gasteiger partial charge in [-0.25, -0.2) is 4.98 Å². The number of nitrogens with zero attached hydrogens (tertiary/aromatic N) is 6. The molecule has 0 atom stereocenters. The Kier molecular flexibility index (Phi) is 2.60. The minimum absolute atomic E-state index is 0.749. The van der Waals surface area contributed by atoms with E-state index in [1.807, 2.05) is 40.6 Å². The Bertz CT molecular complexity index is 623. The fourth-order valence-corrected chi connectivity index (χ4v) is 1.80. The summed E-state index contributed by atoms with van der Waals surface area (Å²) in [5.74, 6) is 0.749. The second-order valence-electron chi connectivity index (χ2n) is 3.78. The Morgan fingerprint density at radius 1 is 1.11 bits per heavy atom. The van der Waals surface area contributed by atoms with Crippen LogP contribution in [0, 0.1) is 0 Å². The first-order valence-corrected chi connectivity index (χ1v) is 5.72. The first kappa shape index (κ1) is 10.6. The molecule has 0 saturated carbocycles. The molecule has 3 rings (SSSR count). The minimum atomic E-state index is 0.749. The monoisotopic (exact) mass is 240 g/mol. The van der Waals surface area contributed by atoms with Crippen LogP contribution in [-0.2, 0) is 6.54 Å². The maximum absolute atomic E-state index is 4.23. The van der Waals surface area contributed by atoms with E-state index >= 15 is 0 Å². The summed E-state index contributed by atoms with van der Waals surface area (Å²) < 4.78 is 3.70. The van der Waals surface area contributed by atoms with Gasteiger partial charge in [0.2, 0.25) is 0 Å². The molecular weight excluding hydrogens is 228 g/mol. The van der Waals surface area contributed by atoms with Gasteiger partial charge in [0, 0.05) is 25.1 Å². The quantitative estimate of drug-likeness (QED) is 0.696. The van der Waals surface area contributed by atoms with Crippen molar-refractivity contribution in [3.05, 3.63) is 43.1 Å². The standard InChI is InChI=1S/C12H12N6/c1-2-18-11(5-6-14-18)10-3-4-12(16-15-10)17-8-7-13-9-17/h3-9H,2H2,1H3. The third-order valence-corrected chi connectivity index (χ3v) is 2.70. The van der Waals surface area contributed by atoms with Gasteiger partial charge in [-0.1, -0.05) is 0 Å². The topological polar surface area (TPSA) is 61.4 Å². The summed E-state index contributed by atoms with van der Waals surface area (Å²) >= 11 is 0. The Hall–Kier alpha value is -2.50. The van der Waals surface area contributed by atoms with E-state index < -0.39 is 0 Å². The highest BCUT2D eigenvalue weighted by Gasteiger charge is 2.06. The first-order valence-electron chi connectivity index (χ1n) is 5.72. The molecule has 3 aromatic heterocycles. The van der Waals surface area contributed by atoms with Crippen molar-refractivity contribution >= 4 is 0 Å². The van der Waals surface area contributed by atoms with Crippen molar-refractivity contribution in [2.75, 3.05) is 0 Å². The summed E-state index contributed by atoms with van der Waals surface area (Å²) in [5, 5.41) is 12.6. The van der Waals surface area contributed by atoms with Gasteiger partial charge in [0.15, 0.2) is 5.82 Å². The van der Waals surface area contributed by atoms with Gasteiger partial charge in [-0.3, -0.25) is 9.25 Å². The number of imidazole rings is 1. The average molecular weight is 240 g/mol. The summed E-state index contributed by atoms with van der Waals surface area (Å²) in [6.45, 7) is 2.86. The van der Waals surface area contributed by atoms with Crippen LogP contribution in [0.15, 0.2) is 43.1 Å². The summed E-state index contributed by atoms with van der Waals surface area (Å²) in [6.07, 6.45) is 7.01. The molecule has 90 valence electrons. The van der Waals surface area contributed by atoms with Crippen molar-refractivity contribution in [1.82, 2.24) is 29.5 Å². The molecule has 6 nitrogen and oxygen atoms in total. The van der Waals surface area contributed by atoms with Gasteiger partial charge < -0.3 is 0 Å². The van der Waals surface area contributed by atoms with Crippen LogP contribution in [0.4, 0.5) is 0 Å². The third kappa shape index (κ3) is 1.77. The Morgan fingerprint density at radius 2 is 2.06 bits per heavy atom. The molecular formula is C12H12N6. The molecule has 0 aliphatic heterocycles. The Balaban J connectivity index is 1.96. The van der Waals surface area contributed by atoms with Crippen LogP contribution < -0.4 is 0 Å². The molecule has 0 aliphatic rings. The second-order valence-corrected chi connectivity index (χ2v) is 3.78. The molecule has 0 bridgehead atoms. The highest BCUT2D eigenvalue weighted by Crippen LogP contribution is 2.16. The zero-order valence-electron chi connectivity index (χ0n) is 9.93. The average Bonchev–Trinajstić information content (AvgIpc) is 3.10.